The Kier molecular flexibility index (Phi) is 6.82. The second-order valence-electron chi connectivity index (χ2n) is 13.8. The molecule has 0 aliphatic rings. The van der Waals surface area contributed by atoms with Crippen molar-refractivity contribution in [3.05, 3.63) is 194 Å². The van der Waals surface area contributed by atoms with Crippen molar-refractivity contribution in [2.24, 2.45) is 0 Å². The molecule has 254 valence electrons. The highest BCUT2D eigenvalue weighted by atomic mass is 16.3. The van der Waals surface area contributed by atoms with Gasteiger partial charge in [-0.2, -0.15) is 0 Å². The van der Waals surface area contributed by atoms with Gasteiger partial charge in [-0.05, 0) is 113 Å². The quantitative estimate of drug-likeness (QED) is 0.162. The van der Waals surface area contributed by atoms with E-state index in [1.807, 2.05) is 24.3 Å². The van der Waals surface area contributed by atoms with E-state index in [1.54, 1.807) is 0 Å². The normalized spacial score (nSPS) is 11.7. The van der Waals surface area contributed by atoms with Gasteiger partial charge in [0.25, 0.3) is 0 Å². The van der Waals surface area contributed by atoms with Crippen molar-refractivity contribution in [2.75, 3.05) is 9.80 Å². The Labute approximate surface area is 311 Å². The molecule has 0 fully saturated rings. The van der Waals surface area contributed by atoms with E-state index in [1.165, 1.54) is 10.8 Å². The molecule has 4 heteroatoms. The van der Waals surface area contributed by atoms with Gasteiger partial charge in [0.05, 0.1) is 0 Å². The third kappa shape index (κ3) is 4.92. The number of fused-ring (bicyclic) bond motifs is 9. The molecule has 0 N–H and O–H groups in total. The average Bonchev–Trinajstić information content (AvgIpc) is 3.78. The van der Waals surface area contributed by atoms with Crippen LogP contribution in [0.5, 0.6) is 0 Å². The second kappa shape index (κ2) is 12.1. The minimum absolute atomic E-state index is 0.855. The summed E-state index contributed by atoms with van der Waals surface area (Å²) in [7, 11) is 0. The fraction of sp³-hybridized carbons (Fsp3) is 0. The van der Waals surface area contributed by atoms with E-state index < -0.39 is 0 Å². The van der Waals surface area contributed by atoms with E-state index >= 15 is 0 Å². The molecule has 0 aliphatic heterocycles. The summed E-state index contributed by atoms with van der Waals surface area (Å²) in [4.78, 5) is 4.64. The molecule has 11 aromatic rings. The minimum Gasteiger partial charge on any atom is -0.456 e. The maximum Gasteiger partial charge on any atom is 0.137 e. The van der Waals surface area contributed by atoms with E-state index in [0.717, 1.165) is 88.8 Å². The van der Waals surface area contributed by atoms with Crippen molar-refractivity contribution in [1.82, 2.24) is 0 Å². The first kappa shape index (κ1) is 30.3. The Bertz CT molecular complexity index is 3140. The predicted molar refractivity (Wildman–Crippen MR) is 225 cm³/mol. The van der Waals surface area contributed by atoms with E-state index in [2.05, 4.69) is 180 Å². The highest BCUT2D eigenvalue weighted by Gasteiger charge is 2.19. The van der Waals surface area contributed by atoms with Crippen molar-refractivity contribution < 1.29 is 8.83 Å². The SMILES string of the molecule is c1ccc(N(c2ccccc2)c2cccc(N(c3ccc4c(ccc5cc6oc7ccccc7c6cc54)c3)c3ccc4c(c3)oc3ccccc34)c2)cc1. The third-order valence-corrected chi connectivity index (χ3v) is 10.6. The van der Waals surface area contributed by atoms with Gasteiger partial charge in [-0.1, -0.05) is 97.1 Å². The number of hydrogen-bond acceptors (Lipinski definition) is 4. The van der Waals surface area contributed by atoms with Crippen molar-refractivity contribution in [1.29, 1.82) is 0 Å². The number of benzene rings is 9. The van der Waals surface area contributed by atoms with Crippen LogP contribution in [0.3, 0.4) is 0 Å². The molecular formula is C50H32N2O2. The van der Waals surface area contributed by atoms with Crippen LogP contribution in [0.4, 0.5) is 34.1 Å². The zero-order valence-electron chi connectivity index (χ0n) is 29.2. The van der Waals surface area contributed by atoms with Crippen LogP contribution < -0.4 is 9.80 Å². The maximum atomic E-state index is 6.43. The third-order valence-electron chi connectivity index (χ3n) is 10.6. The van der Waals surface area contributed by atoms with Crippen molar-refractivity contribution >= 4 is 99.5 Å². The van der Waals surface area contributed by atoms with Gasteiger partial charge in [-0.15, -0.1) is 0 Å². The van der Waals surface area contributed by atoms with Crippen LogP contribution in [0.2, 0.25) is 0 Å². The Morgan fingerprint density at radius 1 is 0.241 bits per heavy atom. The fourth-order valence-corrected chi connectivity index (χ4v) is 8.08. The van der Waals surface area contributed by atoms with Crippen LogP contribution in [-0.2, 0) is 0 Å². The summed E-state index contributed by atoms with van der Waals surface area (Å²) < 4.78 is 12.7. The van der Waals surface area contributed by atoms with E-state index in [-0.39, 0.29) is 0 Å². The van der Waals surface area contributed by atoms with Crippen molar-refractivity contribution in [3.8, 4) is 0 Å². The van der Waals surface area contributed by atoms with Gasteiger partial charge in [-0.3, -0.25) is 0 Å². The molecule has 54 heavy (non-hydrogen) atoms. The number of para-hydroxylation sites is 4. The molecular weight excluding hydrogens is 661 g/mol. The summed E-state index contributed by atoms with van der Waals surface area (Å²) in [6, 6.07) is 68.6. The average molecular weight is 693 g/mol. The van der Waals surface area contributed by atoms with Crippen LogP contribution in [-0.4, -0.2) is 0 Å². The van der Waals surface area contributed by atoms with Gasteiger partial charge >= 0.3 is 0 Å². The molecule has 0 saturated carbocycles. The van der Waals surface area contributed by atoms with Crippen LogP contribution in [0.15, 0.2) is 203 Å². The molecule has 0 bridgehead atoms. The van der Waals surface area contributed by atoms with Crippen LogP contribution >= 0.6 is 0 Å². The summed E-state index contributed by atoms with van der Waals surface area (Å²) >= 11 is 0. The molecule has 0 radical (unpaired) electrons. The molecule has 0 atom stereocenters. The Hall–Kier alpha value is -7.30. The molecule has 2 aromatic heterocycles. The van der Waals surface area contributed by atoms with E-state index in [0.29, 0.717) is 0 Å². The Morgan fingerprint density at radius 2 is 0.704 bits per heavy atom. The molecule has 2 heterocycles. The number of furan rings is 2. The summed E-state index contributed by atoms with van der Waals surface area (Å²) in [5.74, 6) is 0. The number of rotatable bonds is 6. The summed E-state index contributed by atoms with van der Waals surface area (Å²) in [5.41, 5.74) is 9.89. The summed E-state index contributed by atoms with van der Waals surface area (Å²) in [5, 5.41) is 9.21. The van der Waals surface area contributed by atoms with Gasteiger partial charge in [0.15, 0.2) is 0 Å². The maximum absolute atomic E-state index is 6.43. The summed E-state index contributed by atoms with van der Waals surface area (Å²) in [6.07, 6.45) is 0. The highest BCUT2D eigenvalue weighted by Crippen LogP contribution is 2.43. The molecule has 0 unspecified atom stereocenters. The van der Waals surface area contributed by atoms with Gasteiger partial charge < -0.3 is 18.6 Å². The first-order valence-electron chi connectivity index (χ1n) is 18.2. The minimum atomic E-state index is 0.855. The lowest BCUT2D eigenvalue weighted by Crippen LogP contribution is -2.13. The van der Waals surface area contributed by atoms with Crippen LogP contribution in [0.1, 0.15) is 0 Å². The first-order chi connectivity index (χ1) is 26.7. The molecule has 4 nitrogen and oxygen atoms in total. The fourth-order valence-electron chi connectivity index (χ4n) is 8.08. The van der Waals surface area contributed by atoms with Gasteiger partial charge in [0, 0.05) is 61.7 Å². The number of hydrogen-bond donors (Lipinski definition) is 0. The van der Waals surface area contributed by atoms with Crippen molar-refractivity contribution in [3.63, 3.8) is 0 Å². The molecule has 11 rings (SSSR count). The van der Waals surface area contributed by atoms with E-state index in [9.17, 15) is 0 Å². The van der Waals surface area contributed by atoms with Gasteiger partial charge in [-0.25, -0.2) is 0 Å². The lowest BCUT2D eigenvalue weighted by atomic mass is 9.99. The predicted octanol–water partition coefficient (Wildman–Crippen LogP) is 14.7. The largest absolute Gasteiger partial charge is 0.456 e. The Morgan fingerprint density at radius 3 is 1.37 bits per heavy atom. The van der Waals surface area contributed by atoms with Gasteiger partial charge in [0.1, 0.15) is 22.3 Å². The van der Waals surface area contributed by atoms with E-state index in [4.69, 9.17) is 8.83 Å². The van der Waals surface area contributed by atoms with Crippen LogP contribution in [0.25, 0.3) is 65.4 Å². The standard InChI is InChI=1S/C50H32N2O2/c1-3-12-35(13-4-1)51(36-14-5-2-6-15-36)37-16-11-17-38(30-37)52(40-25-27-44-42-18-7-9-20-47(42)54-50(44)31-40)39-24-26-41-33(28-39)22-23-34-29-49-46(32-45(34)41)43-19-8-10-21-48(43)53-49/h1-32H. The molecule has 0 saturated heterocycles. The molecule has 0 amide bonds. The molecule has 0 spiro atoms. The lowest BCUT2D eigenvalue weighted by molar-refractivity contribution is 0.669. The van der Waals surface area contributed by atoms with Crippen molar-refractivity contribution in [2.45, 2.75) is 0 Å². The molecule has 0 aliphatic carbocycles. The lowest BCUT2D eigenvalue weighted by Gasteiger charge is -2.29. The highest BCUT2D eigenvalue weighted by molar-refractivity contribution is 6.17. The first-order valence-corrected chi connectivity index (χ1v) is 18.2. The monoisotopic (exact) mass is 692 g/mol. The zero-order valence-corrected chi connectivity index (χ0v) is 29.2. The summed E-state index contributed by atoms with van der Waals surface area (Å²) in [6.45, 7) is 0. The number of nitrogens with zero attached hydrogens (tertiary/aromatic N) is 2. The second-order valence-corrected chi connectivity index (χ2v) is 13.8. The Balaban J connectivity index is 1.11. The van der Waals surface area contributed by atoms with Gasteiger partial charge in [0.2, 0.25) is 0 Å². The topological polar surface area (TPSA) is 32.8 Å². The zero-order chi connectivity index (χ0) is 35.6. The molecule has 9 aromatic carbocycles. The number of anilines is 6. The smallest absolute Gasteiger partial charge is 0.137 e. The van der Waals surface area contributed by atoms with Crippen LogP contribution in [0, 0.1) is 0 Å².